The predicted octanol–water partition coefficient (Wildman–Crippen LogP) is 5.64. The van der Waals surface area contributed by atoms with Crippen molar-refractivity contribution in [1.82, 2.24) is 15.3 Å². The third kappa shape index (κ3) is 7.67. The van der Waals surface area contributed by atoms with E-state index in [1.54, 1.807) is 19.5 Å². The highest BCUT2D eigenvalue weighted by Gasteiger charge is 2.23. The molecule has 2 aromatic rings. The van der Waals surface area contributed by atoms with E-state index in [2.05, 4.69) is 32.8 Å². The van der Waals surface area contributed by atoms with E-state index < -0.39 is 0 Å². The number of aromatic nitrogens is 2. The van der Waals surface area contributed by atoms with Crippen LogP contribution < -0.4 is 16.0 Å². The fourth-order valence-corrected chi connectivity index (χ4v) is 5.36. The highest BCUT2D eigenvalue weighted by Crippen LogP contribution is 2.33. The molecule has 0 bridgehead atoms. The van der Waals surface area contributed by atoms with Crippen molar-refractivity contribution >= 4 is 34.7 Å². The van der Waals surface area contributed by atoms with Crippen LogP contribution in [0.4, 0.5) is 11.5 Å². The third-order valence-corrected chi connectivity index (χ3v) is 7.55. The van der Waals surface area contributed by atoms with Gasteiger partial charge >= 0.3 is 0 Å². The van der Waals surface area contributed by atoms with Crippen LogP contribution in [-0.4, -0.2) is 61.6 Å². The lowest BCUT2D eigenvalue weighted by molar-refractivity contribution is 0.0699. The topological polar surface area (TPSA) is 80.3 Å². The first-order valence-electron chi connectivity index (χ1n) is 12.7. The molecule has 1 saturated heterocycles. The maximum Gasteiger partial charge on any atom is 0.152 e. The van der Waals surface area contributed by atoms with Gasteiger partial charge in [-0.25, -0.2) is 9.97 Å². The van der Waals surface area contributed by atoms with Crippen LogP contribution in [0.15, 0.2) is 24.5 Å². The average Bonchev–Trinajstić information content (AvgIpc) is 2.87. The van der Waals surface area contributed by atoms with Crippen molar-refractivity contribution in [1.29, 1.82) is 0 Å². The van der Waals surface area contributed by atoms with E-state index in [1.807, 2.05) is 12.1 Å². The minimum absolute atomic E-state index is 0.374. The minimum atomic E-state index is 0.374. The average molecular weight is 523 g/mol. The number of nitrogens with zero attached hydrogens (tertiary/aromatic N) is 2. The van der Waals surface area contributed by atoms with E-state index in [9.17, 15) is 0 Å². The number of rotatable bonds is 10. The van der Waals surface area contributed by atoms with Crippen molar-refractivity contribution in [2.75, 3.05) is 44.1 Å². The number of anilines is 2. The van der Waals surface area contributed by atoms with Crippen LogP contribution >= 0.6 is 23.2 Å². The van der Waals surface area contributed by atoms with Gasteiger partial charge in [-0.15, -0.1) is 0 Å². The molecule has 0 aromatic carbocycles. The molecule has 0 unspecified atom stereocenters. The van der Waals surface area contributed by atoms with Gasteiger partial charge in [-0.05, 0) is 63.5 Å². The SMILES string of the molecule is COC[C@H](C)N[C@H]1CC[C@H](Nc2cc(-c3cnc(Cl)c(NCC4CCOCC4)c3)c(Cl)cn2)CC1. The van der Waals surface area contributed by atoms with Gasteiger partial charge in [0.15, 0.2) is 5.15 Å². The first-order chi connectivity index (χ1) is 17.0. The van der Waals surface area contributed by atoms with Crippen molar-refractivity contribution in [3.8, 4) is 11.1 Å². The molecule has 3 N–H and O–H groups in total. The van der Waals surface area contributed by atoms with Gasteiger partial charge in [0, 0.05) is 68.5 Å². The molecule has 1 aliphatic heterocycles. The molecular formula is C26H37Cl2N5O2. The summed E-state index contributed by atoms with van der Waals surface area (Å²) >= 11 is 12.9. The maximum atomic E-state index is 6.55. The van der Waals surface area contributed by atoms with Gasteiger partial charge in [0.25, 0.3) is 0 Å². The molecule has 1 aliphatic carbocycles. The molecule has 2 aromatic heterocycles. The summed E-state index contributed by atoms with van der Waals surface area (Å²) in [5.41, 5.74) is 2.64. The monoisotopic (exact) mass is 521 g/mol. The number of hydrogen-bond donors (Lipinski definition) is 3. The van der Waals surface area contributed by atoms with Crippen molar-refractivity contribution in [3.05, 3.63) is 34.7 Å². The van der Waals surface area contributed by atoms with Gasteiger partial charge in [0.1, 0.15) is 5.82 Å². The second-order valence-electron chi connectivity index (χ2n) is 9.76. The van der Waals surface area contributed by atoms with Gasteiger partial charge in [-0.1, -0.05) is 23.2 Å². The largest absolute Gasteiger partial charge is 0.383 e. The fourth-order valence-electron chi connectivity index (χ4n) is 4.98. The fraction of sp³-hybridized carbons (Fsp3) is 0.615. The molecule has 0 radical (unpaired) electrons. The Bertz CT molecular complexity index is 949. The summed E-state index contributed by atoms with van der Waals surface area (Å²) in [6.07, 6.45) is 10.1. The zero-order chi connectivity index (χ0) is 24.6. The molecule has 7 nitrogen and oxygen atoms in total. The van der Waals surface area contributed by atoms with Crippen molar-refractivity contribution < 1.29 is 9.47 Å². The molecule has 1 atom stereocenters. The summed E-state index contributed by atoms with van der Waals surface area (Å²) in [6, 6.07) is 5.35. The van der Waals surface area contributed by atoms with E-state index in [-0.39, 0.29) is 0 Å². The van der Waals surface area contributed by atoms with E-state index in [0.29, 0.717) is 34.2 Å². The van der Waals surface area contributed by atoms with Crippen LogP contribution in [0.1, 0.15) is 45.4 Å². The quantitative estimate of drug-likeness (QED) is 0.349. The molecule has 0 amide bonds. The molecule has 2 fully saturated rings. The van der Waals surface area contributed by atoms with Gasteiger partial charge in [-0.2, -0.15) is 0 Å². The Hall–Kier alpha value is -1.64. The number of pyridine rings is 2. The molecule has 4 rings (SSSR count). The zero-order valence-corrected chi connectivity index (χ0v) is 22.2. The summed E-state index contributed by atoms with van der Waals surface area (Å²) in [6.45, 7) is 5.41. The number of halogens is 2. The number of hydrogen-bond acceptors (Lipinski definition) is 7. The lowest BCUT2D eigenvalue weighted by Crippen LogP contribution is -2.42. The summed E-state index contributed by atoms with van der Waals surface area (Å²) in [5.74, 6) is 1.41. The predicted molar refractivity (Wildman–Crippen MR) is 144 cm³/mol. The van der Waals surface area contributed by atoms with Crippen molar-refractivity contribution in [2.45, 2.75) is 63.6 Å². The Morgan fingerprint density at radius 2 is 1.77 bits per heavy atom. The van der Waals surface area contributed by atoms with Crippen LogP contribution in [0.25, 0.3) is 11.1 Å². The second kappa shape index (κ2) is 13.1. The van der Waals surface area contributed by atoms with Crippen LogP contribution in [0.3, 0.4) is 0 Å². The molecule has 0 spiro atoms. The Morgan fingerprint density at radius 3 is 2.51 bits per heavy atom. The molecule has 9 heteroatoms. The van der Waals surface area contributed by atoms with Gasteiger partial charge < -0.3 is 25.4 Å². The Morgan fingerprint density at radius 1 is 1.03 bits per heavy atom. The van der Waals surface area contributed by atoms with Crippen molar-refractivity contribution in [3.63, 3.8) is 0 Å². The maximum absolute atomic E-state index is 6.55. The zero-order valence-electron chi connectivity index (χ0n) is 20.7. The molecule has 35 heavy (non-hydrogen) atoms. The lowest BCUT2D eigenvalue weighted by Gasteiger charge is -2.32. The molecule has 2 aliphatic rings. The van der Waals surface area contributed by atoms with Gasteiger partial charge in [0.05, 0.1) is 17.3 Å². The highest BCUT2D eigenvalue weighted by atomic mass is 35.5. The van der Waals surface area contributed by atoms with E-state index in [0.717, 1.165) is 87.5 Å². The normalized spacial score (nSPS) is 22.1. The second-order valence-corrected chi connectivity index (χ2v) is 10.5. The Labute approximate surface area is 218 Å². The lowest BCUT2D eigenvalue weighted by atomic mass is 9.90. The number of ether oxygens (including phenoxy) is 2. The van der Waals surface area contributed by atoms with E-state index >= 15 is 0 Å². The molecule has 192 valence electrons. The first-order valence-corrected chi connectivity index (χ1v) is 13.4. The van der Waals surface area contributed by atoms with Gasteiger partial charge in [0.2, 0.25) is 0 Å². The molecule has 3 heterocycles. The summed E-state index contributed by atoms with van der Waals surface area (Å²) in [5, 5.41) is 11.8. The Kier molecular flexibility index (Phi) is 9.86. The van der Waals surface area contributed by atoms with E-state index in [4.69, 9.17) is 32.7 Å². The van der Waals surface area contributed by atoms with E-state index in [1.165, 1.54) is 0 Å². The van der Waals surface area contributed by atoms with Crippen molar-refractivity contribution in [2.24, 2.45) is 5.92 Å². The number of nitrogens with one attached hydrogen (secondary N) is 3. The standard InChI is InChI=1S/C26H37Cl2N5O2/c1-17(16-34-2)32-20-3-5-21(6-4-20)33-25-12-22(23(27)15-30-25)19-11-24(26(28)31-14-19)29-13-18-7-9-35-10-8-18/h11-12,14-15,17-18,20-21,29,32H,3-10,13,16H2,1-2H3,(H,30,33)/t17-,20-,21-/m0/s1. The summed E-state index contributed by atoms with van der Waals surface area (Å²) < 4.78 is 10.7. The number of methoxy groups -OCH3 is 1. The van der Waals surface area contributed by atoms with Crippen LogP contribution in [0, 0.1) is 5.92 Å². The third-order valence-electron chi connectivity index (χ3n) is 6.94. The van der Waals surface area contributed by atoms with Gasteiger partial charge in [-0.3, -0.25) is 0 Å². The summed E-state index contributed by atoms with van der Waals surface area (Å²) in [7, 11) is 1.75. The first kappa shape index (κ1) is 26.4. The smallest absolute Gasteiger partial charge is 0.152 e. The summed E-state index contributed by atoms with van der Waals surface area (Å²) in [4.78, 5) is 8.95. The molecular weight excluding hydrogens is 485 g/mol. The minimum Gasteiger partial charge on any atom is -0.383 e. The molecule has 1 saturated carbocycles. The highest BCUT2D eigenvalue weighted by molar-refractivity contribution is 6.33. The Balaban J connectivity index is 1.37. The van der Waals surface area contributed by atoms with Crippen LogP contribution in [-0.2, 0) is 9.47 Å². The van der Waals surface area contributed by atoms with Crippen LogP contribution in [0.2, 0.25) is 10.2 Å². The van der Waals surface area contributed by atoms with Crippen LogP contribution in [0.5, 0.6) is 0 Å².